The second kappa shape index (κ2) is 6.89. The Morgan fingerprint density at radius 2 is 2.00 bits per heavy atom. The second-order valence-electron chi connectivity index (χ2n) is 7.58. The molecule has 1 N–H and O–H groups in total. The number of alkyl halides is 3. The predicted molar refractivity (Wildman–Crippen MR) is 96.5 cm³/mol. The number of fused-ring (bicyclic) bond motifs is 1. The van der Waals surface area contributed by atoms with Gasteiger partial charge in [-0.05, 0) is 31.0 Å². The first-order chi connectivity index (χ1) is 13.2. The van der Waals surface area contributed by atoms with Crippen molar-refractivity contribution >= 4 is 0 Å². The Labute approximate surface area is 160 Å². The molecule has 6 nitrogen and oxygen atoms in total. The molecule has 0 amide bonds. The molecule has 4 heterocycles. The Bertz CT molecular complexity index is 924. The molecule has 150 valence electrons. The van der Waals surface area contributed by atoms with Crippen molar-refractivity contribution in [3.05, 3.63) is 48.0 Å². The molecule has 0 unspecified atom stereocenters. The molecule has 28 heavy (non-hydrogen) atoms. The summed E-state index contributed by atoms with van der Waals surface area (Å²) in [5.41, 5.74) is -0.331. The van der Waals surface area contributed by atoms with Gasteiger partial charge in [0.2, 0.25) is 0 Å². The van der Waals surface area contributed by atoms with Crippen LogP contribution in [0.2, 0.25) is 0 Å². The molecule has 0 bridgehead atoms. The van der Waals surface area contributed by atoms with Gasteiger partial charge in [-0.2, -0.15) is 18.3 Å². The van der Waals surface area contributed by atoms with Crippen LogP contribution in [0.1, 0.15) is 24.1 Å². The van der Waals surface area contributed by atoms with Gasteiger partial charge < -0.3 is 9.67 Å². The number of aromatic nitrogens is 4. The Morgan fingerprint density at radius 3 is 2.64 bits per heavy atom. The Kier molecular flexibility index (Phi) is 4.67. The van der Waals surface area contributed by atoms with Crippen molar-refractivity contribution in [2.75, 3.05) is 13.1 Å². The third-order valence-electron chi connectivity index (χ3n) is 5.30. The maximum Gasteiger partial charge on any atom is 0.433 e. The van der Waals surface area contributed by atoms with Crippen LogP contribution in [0.5, 0.6) is 0 Å². The van der Waals surface area contributed by atoms with E-state index in [2.05, 4.69) is 15.0 Å². The Morgan fingerprint density at radius 1 is 1.25 bits per heavy atom. The number of nitrogens with zero attached hydrogens (tertiary/aromatic N) is 5. The third kappa shape index (κ3) is 3.90. The molecule has 1 fully saturated rings. The van der Waals surface area contributed by atoms with Gasteiger partial charge in [-0.1, -0.05) is 0 Å². The predicted octanol–water partition coefficient (Wildman–Crippen LogP) is 2.77. The lowest BCUT2D eigenvalue weighted by Gasteiger charge is -2.38. The lowest BCUT2D eigenvalue weighted by molar-refractivity contribution is -0.140. The van der Waals surface area contributed by atoms with E-state index < -0.39 is 17.5 Å². The number of hydrogen-bond donors (Lipinski definition) is 1. The summed E-state index contributed by atoms with van der Waals surface area (Å²) in [7, 11) is 1.87. The SMILES string of the molecule is Cn1cc(CN2CCC(O)(Cn3cccc4cc(C(F)(F)F)nc3-4)CC2)cn1. The minimum Gasteiger partial charge on any atom is -0.388 e. The number of rotatable bonds is 4. The van der Waals surface area contributed by atoms with Crippen molar-refractivity contribution in [2.45, 2.75) is 37.7 Å². The number of piperidine rings is 1. The van der Waals surface area contributed by atoms with Gasteiger partial charge in [0, 0.05) is 50.2 Å². The van der Waals surface area contributed by atoms with E-state index in [-0.39, 0.29) is 12.4 Å². The van der Waals surface area contributed by atoms with Crippen molar-refractivity contribution in [1.82, 2.24) is 24.2 Å². The molecule has 1 saturated heterocycles. The van der Waals surface area contributed by atoms with Crippen molar-refractivity contribution in [3.63, 3.8) is 0 Å². The Hall–Kier alpha value is -2.39. The molecule has 3 aliphatic heterocycles. The zero-order chi connectivity index (χ0) is 19.9. The molecule has 0 atom stereocenters. The Balaban J connectivity index is 1.45. The summed E-state index contributed by atoms with van der Waals surface area (Å²) in [6.45, 7) is 2.42. The number of likely N-dealkylation sites (tertiary alicyclic amines) is 1. The van der Waals surface area contributed by atoms with E-state index in [9.17, 15) is 18.3 Å². The number of hydrogen-bond acceptors (Lipinski definition) is 4. The highest BCUT2D eigenvalue weighted by Gasteiger charge is 2.37. The van der Waals surface area contributed by atoms with Gasteiger partial charge in [0.1, 0.15) is 11.5 Å². The molecule has 3 aliphatic rings. The minimum atomic E-state index is -4.48. The standard InChI is InChI=1S/C19H22F3N5O/c1-25-11-14(10-23-25)12-26-7-4-18(28,5-8-26)13-27-6-2-3-15-9-16(19(20,21)22)24-17(15)27/h2-3,6,9-11,28H,4-5,7-8,12-13H2,1H3. The van der Waals surface area contributed by atoms with E-state index in [0.717, 1.165) is 18.2 Å². The maximum atomic E-state index is 13.0. The normalized spacial score (nSPS) is 18.0. The van der Waals surface area contributed by atoms with E-state index in [1.54, 1.807) is 27.6 Å². The monoisotopic (exact) mass is 393 g/mol. The molecule has 0 spiro atoms. The number of aliphatic hydroxyl groups is 1. The van der Waals surface area contributed by atoms with Crippen molar-refractivity contribution in [2.24, 2.45) is 7.05 Å². The average Bonchev–Trinajstić information content (AvgIpc) is 3.24. The smallest absolute Gasteiger partial charge is 0.388 e. The summed E-state index contributed by atoms with van der Waals surface area (Å²) in [6, 6.07) is 4.34. The topological polar surface area (TPSA) is 59.1 Å². The van der Waals surface area contributed by atoms with Crippen molar-refractivity contribution in [3.8, 4) is 11.4 Å². The van der Waals surface area contributed by atoms with Crippen LogP contribution < -0.4 is 0 Å². The molecule has 9 heteroatoms. The zero-order valence-electron chi connectivity index (χ0n) is 15.5. The molecule has 1 aromatic heterocycles. The minimum absolute atomic E-state index is 0.222. The maximum absolute atomic E-state index is 13.0. The number of halogens is 3. The van der Waals surface area contributed by atoms with E-state index >= 15 is 0 Å². The summed E-state index contributed by atoms with van der Waals surface area (Å²) in [6.07, 6.45) is 2.08. The zero-order valence-corrected chi connectivity index (χ0v) is 15.5. The largest absolute Gasteiger partial charge is 0.433 e. The quantitative estimate of drug-likeness (QED) is 0.741. The first kappa shape index (κ1) is 18.9. The summed E-state index contributed by atoms with van der Waals surface area (Å²) in [5.74, 6) is 0.251. The highest BCUT2D eigenvalue weighted by Crippen LogP contribution is 2.34. The van der Waals surface area contributed by atoms with Crippen LogP contribution in [0.3, 0.4) is 0 Å². The molecule has 0 aliphatic carbocycles. The van der Waals surface area contributed by atoms with Gasteiger partial charge in [0.25, 0.3) is 0 Å². The first-order valence-corrected chi connectivity index (χ1v) is 9.17. The van der Waals surface area contributed by atoms with Gasteiger partial charge in [-0.15, -0.1) is 0 Å². The summed E-state index contributed by atoms with van der Waals surface area (Å²) < 4.78 is 42.3. The fraction of sp³-hybridized carbons (Fsp3) is 0.474. The van der Waals surface area contributed by atoms with Crippen molar-refractivity contribution < 1.29 is 18.3 Å². The van der Waals surface area contributed by atoms with E-state index in [1.165, 1.54) is 0 Å². The van der Waals surface area contributed by atoms with Crippen LogP contribution in [-0.4, -0.2) is 48.0 Å². The van der Waals surface area contributed by atoms with E-state index in [0.29, 0.717) is 31.5 Å². The lowest BCUT2D eigenvalue weighted by Crippen LogP contribution is -2.46. The molecule has 0 radical (unpaired) electrons. The summed E-state index contributed by atoms with van der Waals surface area (Å²) in [5, 5.41) is 15.2. The van der Waals surface area contributed by atoms with Crippen LogP contribution in [-0.2, 0) is 26.3 Å². The number of pyridine rings is 1. The van der Waals surface area contributed by atoms with Crippen LogP contribution in [0, 0.1) is 0 Å². The molecule has 4 rings (SSSR count). The summed E-state index contributed by atoms with van der Waals surface area (Å²) in [4.78, 5) is 6.01. The van der Waals surface area contributed by atoms with Crippen LogP contribution in [0.4, 0.5) is 13.2 Å². The molecule has 0 saturated carbocycles. The lowest BCUT2D eigenvalue weighted by atomic mass is 9.91. The number of aryl methyl sites for hydroxylation is 1. The second-order valence-corrected chi connectivity index (χ2v) is 7.58. The average molecular weight is 393 g/mol. The van der Waals surface area contributed by atoms with Gasteiger partial charge >= 0.3 is 6.18 Å². The van der Waals surface area contributed by atoms with E-state index in [1.807, 2.05) is 19.4 Å². The highest BCUT2D eigenvalue weighted by atomic mass is 19.4. The third-order valence-corrected chi connectivity index (χ3v) is 5.30. The van der Waals surface area contributed by atoms with Crippen LogP contribution >= 0.6 is 0 Å². The summed E-state index contributed by atoms with van der Waals surface area (Å²) >= 11 is 0. The fourth-order valence-corrected chi connectivity index (χ4v) is 3.78. The van der Waals surface area contributed by atoms with Gasteiger partial charge in [-0.25, -0.2) is 4.98 Å². The van der Waals surface area contributed by atoms with Gasteiger partial charge in [0.05, 0.1) is 18.3 Å². The van der Waals surface area contributed by atoms with Gasteiger partial charge in [-0.3, -0.25) is 9.58 Å². The highest BCUT2D eigenvalue weighted by molar-refractivity contribution is 5.59. The van der Waals surface area contributed by atoms with Crippen molar-refractivity contribution in [1.29, 1.82) is 0 Å². The molecular weight excluding hydrogens is 371 g/mol. The van der Waals surface area contributed by atoms with Crippen LogP contribution in [0.25, 0.3) is 11.4 Å². The molecular formula is C19H22F3N5O. The fourth-order valence-electron chi connectivity index (χ4n) is 3.78. The molecule has 0 aromatic carbocycles. The molecule has 1 aromatic rings. The van der Waals surface area contributed by atoms with E-state index in [4.69, 9.17) is 0 Å². The van der Waals surface area contributed by atoms with Crippen LogP contribution in [0.15, 0.2) is 36.8 Å². The van der Waals surface area contributed by atoms with Gasteiger partial charge in [0.15, 0.2) is 0 Å². The first-order valence-electron chi connectivity index (χ1n) is 9.17.